The third kappa shape index (κ3) is 5.58. The number of ether oxygens (including phenoxy) is 1. The molecule has 0 aliphatic carbocycles. The fourth-order valence-electron chi connectivity index (χ4n) is 3.91. The number of rotatable bonds is 9. The van der Waals surface area contributed by atoms with Crippen molar-refractivity contribution >= 4 is 51.0 Å². The van der Waals surface area contributed by atoms with Crippen molar-refractivity contribution in [2.24, 2.45) is 0 Å². The van der Waals surface area contributed by atoms with E-state index in [9.17, 15) is 14.4 Å². The molecule has 4 rings (SSSR count). The summed E-state index contributed by atoms with van der Waals surface area (Å²) in [5.41, 5.74) is 0.331. The molecule has 1 aliphatic rings. The van der Waals surface area contributed by atoms with Gasteiger partial charge in [-0.3, -0.25) is 9.59 Å². The fourth-order valence-corrected chi connectivity index (χ4v) is 5.81. The van der Waals surface area contributed by atoms with Crippen molar-refractivity contribution in [3.8, 4) is 0 Å². The minimum atomic E-state index is -0.435. The summed E-state index contributed by atoms with van der Waals surface area (Å²) in [6, 6.07) is 5.95. The van der Waals surface area contributed by atoms with Gasteiger partial charge in [-0.05, 0) is 38.0 Å². The predicted molar refractivity (Wildman–Crippen MR) is 135 cm³/mol. The number of carbonyl (C=O) groups excluding carboxylic acids is 2. The standard InChI is InChI=1S/C23H27N5O4S2/c1-3-32-23(31)20-14(2)19-21(30)26-16(27-22(19)34-20)13-33-11-8-18(29)25-15-7-10-28(12-15)17-6-4-5-9-24-17/h4-6,9,15H,3,7-8,10-13H2,1-2H3,(H,25,29)(H,26,27,30). The summed E-state index contributed by atoms with van der Waals surface area (Å²) in [6.45, 7) is 5.38. The van der Waals surface area contributed by atoms with Gasteiger partial charge in [0.2, 0.25) is 5.91 Å². The monoisotopic (exact) mass is 501 g/mol. The molecular weight excluding hydrogens is 474 g/mol. The van der Waals surface area contributed by atoms with E-state index in [2.05, 4.69) is 25.2 Å². The number of H-pyrrole nitrogens is 1. The van der Waals surface area contributed by atoms with Gasteiger partial charge in [0, 0.05) is 37.5 Å². The van der Waals surface area contributed by atoms with Crippen LogP contribution in [0.25, 0.3) is 10.2 Å². The fraction of sp³-hybridized carbons (Fsp3) is 0.435. The molecule has 34 heavy (non-hydrogen) atoms. The average molecular weight is 502 g/mol. The second-order valence-electron chi connectivity index (χ2n) is 7.96. The van der Waals surface area contributed by atoms with Gasteiger partial charge in [0.1, 0.15) is 21.3 Å². The van der Waals surface area contributed by atoms with Crippen molar-refractivity contribution in [1.82, 2.24) is 20.3 Å². The molecule has 1 saturated heterocycles. The molecule has 3 aromatic rings. The van der Waals surface area contributed by atoms with Crippen LogP contribution in [-0.2, 0) is 15.3 Å². The van der Waals surface area contributed by atoms with E-state index >= 15 is 0 Å². The zero-order valence-corrected chi connectivity index (χ0v) is 20.8. The minimum Gasteiger partial charge on any atom is -0.462 e. The van der Waals surface area contributed by atoms with Gasteiger partial charge in [-0.1, -0.05) is 6.07 Å². The van der Waals surface area contributed by atoms with Gasteiger partial charge in [-0.15, -0.1) is 11.3 Å². The number of aromatic amines is 1. The molecule has 0 saturated carbocycles. The van der Waals surface area contributed by atoms with Gasteiger partial charge in [0.15, 0.2) is 0 Å². The second kappa shape index (κ2) is 11.0. The third-order valence-electron chi connectivity index (χ3n) is 5.55. The maximum absolute atomic E-state index is 12.6. The molecule has 180 valence electrons. The van der Waals surface area contributed by atoms with Gasteiger partial charge in [0.25, 0.3) is 5.56 Å². The van der Waals surface area contributed by atoms with Gasteiger partial charge >= 0.3 is 5.97 Å². The average Bonchev–Trinajstić information content (AvgIpc) is 3.42. The smallest absolute Gasteiger partial charge is 0.348 e. The molecule has 0 radical (unpaired) electrons. The Morgan fingerprint density at radius 1 is 1.38 bits per heavy atom. The highest BCUT2D eigenvalue weighted by molar-refractivity contribution is 7.98. The van der Waals surface area contributed by atoms with Gasteiger partial charge in [-0.2, -0.15) is 11.8 Å². The SMILES string of the molecule is CCOC(=O)c1sc2nc(CSCCC(=O)NC3CCN(c4ccccn4)C3)[nH]c(=O)c2c1C. The van der Waals surface area contributed by atoms with E-state index < -0.39 is 5.97 Å². The molecular formula is C23H27N5O4S2. The van der Waals surface area contributed by atoms with E-state index in [0.717, 1.165) is 25.3 Å². The Kier molecular flexibility index (Phi) is 7.84. The van der Waals surface area contributed by atoms with Gasteiger partial charge in [0.05, 0.1) is 17.7 Å². The van der Waals surface area contributed by atoms with Crippen molar-refractivity contribution < 1.29 is 14.3 Å². The Bertz CT molecular complexity index is 1230. The Morgan fingerprint density at radius 2 is 2.24 bits per heavy atom. The number of thioether (sulfide) groups is 1. The number of hydrogen-bond acceptors (Lipinski definition) is 9. The third-order valence-corrected chi connectivity index (χ3v) is 7.69. The largest absolute Gasteiger partial charge is 0.462 e. The predicted octanol–water partition coefficient (Wildman–Crippen LogP) is 2.88. The van der Waals surface area contributed by atoms with Crippen molar-refractivity contribution in [2.75, 3.05) is 30.3 Å². The zero-order chi connectivity index (χ0) is 24.1. The number of nitrogens with one attached hydrogen (secondary N) is 2. The van der Waals surface area contributed by atoms with Crippen LogP contribution in [0.1, 0.15) is 40.8 Å². The summed E-state index contributed by atoms with van der Waals surface area (Å²) < 4.78 is 5.07. The van der Waals surface area contributed by atoms with E-state index in [-0.39, 0.29) is 24.1 Å². The molecule has 9 nitrogen and oxygen atoms in total. The van der Waals surface area contributed by atoms with Crippen LogP contribution in [0, 0.1) is 6.92 Å². The number of thiophene rings is 1. The van der Waals surface area contributed by atoms with Crippen LogP contribution in [-0.4, -0.2) is 58.3 Å². The topological polar surface area (TPSA) is 117 Å². The molecule has 11 heteroatoms. The quantitative estimate of drug-likeness (QED) is 0.340. The van der Waals surface area contributed by atoms with Crippen LogP contribution < -0.4 is 15.8 Å². The molecule has 1 fully saturated rings. The summed E-state index contributed by atoms with van der Waals surface area (Å²) >= 11 is 2.70. The Hall–Kier alpha value is -2.92. The normalized spacial score (nSPS) is 15.6. The molecule has 1 aliphatic heterocycles. The highest BCUT2D eigenvalue weighted by atomic mass is 32.2. The van der Waals surface area contributed by atoms with Crippen molar-refractivity contribution in [3.63, 3.8) is 0 Å². The van der Waals surface area contributed by atoms with Crippen molar-refractivity contribution in [3.05, 3.63) is 51.0 Å². The Balaban J connectivity index is 1.26. The van der Waals surface area contributed by atoms with Crippen LogP contribution in [0.15, 0.2) is 29.2 Å². The number of esters is 1. The maximum atomic E-state index is 12.6. The lowest BCUT2D eigenvalue weighted by Crippen LogP contribution is -2.37. The number of aryl methyl sites for hydroxylation is 1. The number of fused-ring (bicyclic) bond motifs is 1. The van der Waals surface area contributed by atoms with Gasteiger partial charge in [-0.25, -0.2) is 14.8 Å². The van der Waals surface area contributed by atoms with E-state index in [4.69, 9.17) is 4.74 Å². The van der Waals surface area contributed by atoms with Crippen LogP contribution in [0.2, 0.25) is 0 Å². The van der Waals surface area contributed by atoms with Crippen LogP contribution >= 0.6 is 23.1 Å². The Labute approximate surface area is 205 Å². The number of hydrogen-bond donors (Lipinski definition) is 2. The van der Waals surface area contributed by atoms with Crippen molar-refractivity contribution in [2.45, 2.75) is 38.5 Å². The van der Waals surface area contributed by atoms with E-state index in [1.807, 2.05) is 18.2 Å². The number of pyridine rings is 1. The molecule has 3 aromatic heterocycles. The molecule has 0 bridgehead atoms. The lowest BCUT2D eigenvalue weighted by Gasteiger charge is -2.17. The summed E-state index contributed by atoms with van der Waals surface area (Å²) in [5, 5.41) is 3.53. The second-order valence-corrected chi connectivity index (χ2v) is 10.1. The molecule has 1 amide bonds. The number of aromatic nitrogens is 3. The van der Waals surface area contributed by atoms with Crippen LogP contribution in [0.3, 0.4) is 0 Å². The lowest BCUT2D eigenvalue weighted by molar-refractivity contribution is -0.121. The first-order valence-corrected chi connectivity index (χ1v) is 13.2. The number of amides is 1. The summed E-state index contributed by atoms with van der Waals surface area (Å²) in [7, 11) is 0. The lowest BCUT2D eigenvalue weighted by atomic mass is 10.2. The highest BCUT2D eigenvalue weighted by Crippen LogP contribution is 2.28. The minimum absolute atomic E-state index is 0.0187. The summed E-state index contributed by atoms with van der Waals surface area (Å²) in [4.78, 5) is 51.8. The summed E-state index contributed by atoms with van der Waals surface area (Å²) in [6.07, 6.45) is 3.06. The first kappa shape index (κ1) is 24.2. The molecule has 2 N–H and O–H groups in total. The van der Waals surface area contributed by atoms with Crippen molar-refractivity contribution in [1.29, 1.82) is 0 Å². The Morgan fingerprint density at radius 3 is 3.00 bits per heavy atom. The highest BCUT2D eigenvalue weighted by Gasteiger charge is 2.24. The molecule has 0 aromatic carbocycles. The molecule has 4 heterocycles. The maximum Gasteiger partial charge on any atom is 0.348 e. The number of nitrogens with zero attached hydrogens (tertiary/aromatic N) is 3. The van der Waals surface area contributed by atoms with Crippen LogP contribution in [0.5, 0.6) is 0 Å². The van der Waals surface area contributed by atoms with Crippen LogP contribution in [0.4, 0.5) is 5.82 Å². The first-order valence-electron chi connectivity index (χ1n) is 11.2. The number of anilines is 1. The number of carbonyl (C=O) groups is 2. The summed E-state index contributed by atoms with van der Waals surface area (Å²) in [5.74, 6) is 2.13. The van der Waals surface area contributed by atoms with E-state index in [1.165, 1.54) is 23.1 Å². The zero-order valence-electron chi connectivity index (χ0n) is 19.1. The molecule has 1 unspecified atom stereocenters. The van der Waals surface area contributed by atoms with E-state index in [0.29, 0.717) is 44.4 Å². The van der Waals surface area contributed by atoms with E-state index in [1.54, 1.807) is 20.0 Å². The molecule has 1 atom stereocenters. The first-order chi connectivity index (χ1) is 16.5. The van der Waals surface area contributed by atoms with Gasteiger partial charge < -0.3 is 19.9 Å². The molecule has 0 spiro atoms.